The lowest BCUT2D eigenvalue weighted by Crippen LogP contribution is -2.47. The Labute approximate surface area is 148 Å². The molecule has 0 bridgehead atoms. The topological polar surface area (TPSA) is 32.3 Å². The van der Waals surface area contributed by atoms with Crippen LogP contribution in [0.2, 0.25) is 5.02 Å². The van der Waals surface area contributed by atoms with Gasteiger partial charge in [0.2, 0.25) is 5.91 Å². The van der Waals surface area contributed by atoms with Gasteiger partial charge >= 0.3 is 0 Å². The second-order valence-corrected chi connectivity index (χ2v) is 6.71. The maximum Gasteiger partial charge on any atom is 0.233 e. The van der Waals surface area contributed by atoms with Crippen LogP contribution in [0.15, 0.2) is 29.2 Å². The van der Waals surface area contributed by atoms with Crippen molar-refractivity contribution in [3.8, 4) is 0 Å². The van der Waals surface area contributed by atoms with Crippen molar-refractivity contribution in [3.05, 3.63) is 29.3 Å². The van der Waals surface area contributed by atoms with Crippen molar-refractivity contribution >= 4 is 41.7 Å². The molecule has 1 N–H and O–H groups in total. The van der Waals surface area contributed by atoms with Crippen LogP contribution in [0.4, 0.5) is 0 Å². The van der Waals surface area contributed by atoms with Crippen LogP contribution in [0, 0.1) is 0 Å². The highest BCUT2D eigenvalue weighted by Gasteiger charge is 2.24. The number of carbonyl (C=O) groups is 1. The maximum atomic E-state index is 12.6. The normalized spacial score (nSPS) is 15.2. The van der Waals surface area contributed by atoms with Crippen LogP contribution in [0.3, 0.4) is 0 Å². The Bertz CT molecular complexity index is 467. The quantitative estimate of drug-likeness (QED) is 0.780. The molecule has 1 amide bonds. The Balaban J connectivity index is 0.00000242. The van der Waals surface area contributed by atoms with Gasteiger partial charge in [-0.2, -0.15) is 0 Å². The Kier molecular flexibility index (Phi) is 9.25. The van der Waals surface area contributed by atoms with E-state index >= 15 is 0 Å². The van der Waals surface area contributed by atoms with Gasteiger partial charge in [-0.1, -0.05) is 30.7 Å². The smallest absolute Gasteiger partial charge is 0.233 e. The molecule has 3 nitrogen and oxygen atoms in total. The van der Waals surface area contributed by atoms with E-state index in [1.54, 1.807) is 0 Å². The lowest BCUT2D eigenvalue weighted by Gasteiger charge is -2.34. The third-order valence-corrected chi connectivity index (χ3v) is 5.22. The first-order chi connectivity index (χ1) is 10.2. The molecule has 0 saturated carbocycles. The highest BCUT2D eigenvalue weighted by molar-refractivity contribution is 8.00. The molecule has 0 spiro atoms. The van der Waals surface area contributed by atoms with Gasteiger partial charge in [-0.15, -0.1) is 24.2 Å². The predicted octanol–water partition coefficient (Wildman–Crippen LogP) is 3.84. The van der Waals surface area contributed by atoms with E-state index in [1.165, 1.54) is 11.8 Å². The fourth-order valence-corrected chi connectivity index (χ4v) is 3.78. The minimum atomic E-state index is 0. The van der Waals surface area contributed by atoms with Crippen LogP contribution in [-0.4, -0.2) is 42.2 Å². The molecule has 0 aromatic heterocycles. The van der Waals surface area contributed by atoms with Crippen molar-refractivity contribution in [2.24, 2.45) is 0 Å². The van der Waals surface area contributed by atoms with Crippen LogP contribution in [-0.2, 0) is 4.79 Å². The van der Waals surface area contributed by atoms with Gasteiger partial charge in [-0.3, -0.25) is 4.79 Å². The number of halogens is 2. The van der Waals surface area contributed by atoms with E-state index in [9.17, 15) is 4.79 Å². The lowest BCUT2D eigenvalue weighted by molar-refractivity contribution is -0.131. The average Bonchev–Trinajstić information content (AvgIpc) is 2.52. The molecule has 1 aliphatic rings. The Morgan fingerprint density at radius 1 is 1.36 bits per heavy atom. The zero-order valence-corrected chi connectivity index (χ0v) is 15.3. The van der Waals surface area contributed by atoms with Gasteiger partial charge in [-0.25, -0.2) is 0 Å². The van der Waals surface area contributed by atoms with Gasteiger partial charge in [0.25, 0.3) is 0 Å². The average molecular weight is 363 g/mol. The van der Waals surface area contributed by atoms with Gasteiger partial charge in [0.1, 0.15) is 0 Å². The highest BCUT2D eigenvalue weighted by Crippen LogP contribution is 2.27. The molecule has 22 heavy (non-hydrogen) atoms. The summed E-state index contributed by atoms with van der Waals surface area (Å²) in [6.07, 6.45) is 3.12. The Morgan fingerprint density at radius 3 is 2.68 bits per heavy atom. The predicted molar refractivity (Wildman–Crippen MR) is 97.3 cm³/mol. The number of nitrogens with zero attached hydrogens (tertiary/aromatic N) is 1. The summed E-state index contributed by atoms with van der Waals surface area (Å²) in [4.78, 5) is 15.6. The van der Waals surface area contributed by atoms with Crippen molar-refractivity contribution in [3.63, 3.8) is 0 Å². The molecule has 1 aromatic carbocycles. The first-order valence-electron chi connectivity index (χ1n) is 7.60. The molecular formula is C16H24Cl2N2OS. The number of hydrogen-bond donors (Lipinski definition) is 1. The van der Waals surface area contributed by atoms with Gasteiger partial charge in [0.15, 0.2) is 0 Å². The molecule has 1 heterocycles. The fraction of sp³-hybridized carbons (Fsp3) is 0.562. The molecule has 0 radical (unpaired) electrons. The Hall–Kier alpha value is -0.420. The van der Waals surface area contributed by atoms with E-state index in [4.69, 9.17) is 11.6 Å². The number of thioether (sulfide) groups is 1. The molecule has 6 heteroatoms. The number of rotatable bonds is 6. The summed E-state index contributed by atoms with van der Waals surface area (Å²) in [5.74, 6) is 0.696. The fourth-order valence-electron chi connectivity index (χ4n) is 2.65. The molecule has 1 saturated heterocycles. The van der Waals surface area contributed by atoms with Crippen molar-refractivity contribution in [2.45, 2.75) is 37.1 Å². The number of amides is 1. The molecule has 0 aliphatic carbocycles. The first-order valence-corrected chi connectivity index (χ1v) is 8.96. The van der Waals surface area contributed by atoms with Crippen molar-refractivity contribution in [1.82, 2.24) is 10.2 Å². The van der Waals surface area contributed by atoms with Crippen LogP contribution in [0.25, 0.3) is 0 Å². The first kappa shape index (κ1) is 19.6. The summed E-state index contributed by atoms with van der Waals surface area (Å²) in [5.41, 5.74) is 0. The van der Waals surface area contributed by atoms with Crippen LogP contribution >= 0.6 is 35.8 Å². The summed E-state index contributed by atoms with van der Waals surface area (Å²) in [5, 5.41) is 4.08. The minimum Gasteiger partial charge on any atom is -0.339 e. The molecule has 0 unspecified atom stereocenters. The van der Waals surface area contributed by atoms with Gasteiger partial charge in [0.05, 0.1) is 10.8 Å². The summed E-state index contributed by atoms with van der Waals surface area (Å²) >= 11 is 7.68. The molecule has 2 rings (SSSR count). The van der Waals surface area contributed by atoms with E-state index < -0.39 is 0 Å². The largest absolute Gasteiger partial charge is 0.339 e. The van der Waals surface area contributed by atoms with Gasteiger partial charge in [-0.05, 0) is 44.5 Å². The summed E-state index contributed by atoms with van der Waals surface area (Å²) in [6.45, 7) is 5.00. The SMILES string of the molecule is CCCN(C(=O)CSc1ccccc1Cl)C1CCNCC1.Cl. The molecule has 124 valence electrons. The summed E-state index contributed by atoms with van der Waals surface area (Å²) in [6, 6.07) is 8.09. The van der Waals surface area contributed by atoms with Crippen molar-refractivity contribution < 1.29 is 4.79 Å². The zero-order chi connectivity index (χ0) is 15.1. The second-order valence-electron chi connectivity index (χ2n) is 5.29. The second kappa shape index (κ2) is 10.4. The van der Waals surface area contributed by atoms with E-state index in [-0.39, 0.29) is 18.3 Å². The number of nitrogens with one attached hydrogen (secondary N) is 1. The van der Waals surface area contributed by atoms with Gasteiger partial charge < -0.3 is 10.2 Å². The standard InChI is InChI=1S/C16H23ClN2OS.ClH/c1-2-11-19(13-7-9-18-10-8-13)16(20)12-21-15-6-4-3-5-14(15)17;/h3-6,13,18H,2,7-12H2,1H3;1H. The van der Waals surface area contributed by atoms with Crippen molar-refractivity contribution in [1.29, 1.82) is 0 Å². The number of carbonyl (C=O) groups excluding carboxylic acids is 1. The third-order valence-electron chi connectivity index (χ3n) is 3.72. The minimum absolute atomic E-state index is 0. The van der Waals surface area contributed by atoms with E-state index in [1.807, 2.05) is 24.3 Å². The Morgan fingerprint density at radius 2 is 2.05 bits per heavy atom. The van der Waals surface area contributed by atoms with E-state index in [2.05, 4.69) is 17.1 Å². The van der Waals surface area contributed by atoms with Crippen LogP contribution in [0.5, 0.6) is 0 Å². The molecular weight excluding hydrogens is 339 g/mol. The van der Waals surface area contributed by atoms with E-state index in [0.717, 1.165) is 48.8 Å². The number of piperidine rings is 1. The van der Waals surface area contributed by atoms with Crippen molar-refractivity contribution in [2.75, 3.05) is 25.4 Å². The summed E-state index contributed by atoms with van der Waals surface area (Å²) in [7, 11) is 0. The molecule has 1 aliphatic heterocycles. The molecule has 1 fully saturated rings. The van der Waals surface area contributed by atoms with Gasteiger partial charge in [0, 0.05) is 17.5 Å². The highest BCUT2D eigenvalue weighted by atomic mass is 35.5. The molecule has 1 aromatic rings. The lowest BCUT2D eigenvalue weighted by atomic mass is 10.0. The van der Waals surface area contributed by atoms with Crippen LogP contribution < -0.4 is 5.32 Å². The molecule has 0 atom stereocenters. The third kappa shape index (κ3) is 5.65. The zero-order valence-electron chi connectivity index (χ0n) is 12.9. The van der Waals surface area contributed by atoms with E-state index in [0.29, 0.717) is 11.8 Å². The summed E-state index contributed by atoms with van der Waals surface area (Å²) < 4.78 is 0. The number of hydrogen-bond acceptors (Lipinski definition) is 3. The monoisotopic (exact) mass is 362 g/mol. The maximum absolute atomic E-state index is 12.6. The number of benzene rings is 1. The van der Waals surface area contributed by atoms with Crippen LogP contribution in [0.1, 0.15) is 26.2 Å².